The molecular weight excluding hydrogens is 188 g/mol. The minimum atomic E-state index is 0.465. The van der Waals surface area contributed by atoms with E-state index in [-0.39, 0.29) is 0 Å². The van der Waals surface area contributed by atoms with Gasteiger partial charge in [-0.25, -0.2) is 0 Å². The average molecular weight is 212 g/mol. The minimum absolute atomic E-state index is 0.465. The van der Waals surface area contributed by atoms with Crippen molar-refractivity contribution in [2.75, 3.05) is 19.6 Å². The monoisotopic (exact) mass is 212 g/mol. The van der Waals surface area contributed by atoms with E-state index in [1.165, 1.54) is 38.6 Å². The summed E-state index contributed by atoms with van der Waals surface area (Å²) in [5.74, 6) is 0. The summed E-state index contributed by atoms with van der Waals surface area (Å²) in [6.07, 6.45) is 7.35. The molecule has 0 radical (unpaired) electrons. The van der Waals surface area contributed by atoms with Crippen LogP contribution in [0.2, 0.25) is 0 Å². The van der Waals surface area contributed by atoms with Gasteiger partial charge in [0.2, 0.25) is 0 Å². The molecule has 15 heavy (non-hydrogen) atoms. The predicted molar refractivity (Wildman–Crippen MR) is 61.8 cm³/mol. The van der Waals surface area contributed by atoms with Gasteiger partial charge in [-0.1, -0.05) is 6.42 Å². The molecule has 2 saturated heterocycles. The molecule has 0 aromatic carbocycles. The molecule has 0 saturated carbocycles. The van der Waals surface area contributed by atoms with Crippen molar-refractivity contribution >= 4 is 0 Å². The maximum Gasteiger partial charge on any atom is 0.0706 e. The Balaban J connectivity index is 1.81. The van der Waals surface area contributed by atoms with Crippen LogP contribution in [0.3, 0.4) is 0 Å². The third-order valence-electron chi connectivity index (χ3n) is 3.78. The van der Waals surface area contributed by atoms with E-state index in [9.17, 15) is 0 Å². The zero-order valence-corrected chi connectivity index (χ0v) is 9.82. The fourth-order valence-electron chi connectivity index (χ4n) is 2.85. The highest BCUT2D eigenvalue weighted by Gasteiger charge is 2.28. The first-order valence-corrected chi connectivity index (χ1v) is 6.39. The topological polar surface area (TPSA) is 38.5 Å². The van der Waals surface area contributed by atoms with Crippen molar-refractivity contribution < 1.29 is 4.74 Å². The van der Waals surface area contributed by atoms with E-state index in [4.69, 9.17) is 10.5 Å². The Morgan fingerprint density at radius 1 is 1.27 bits per heavy atom. The average Bonchev–Trinajstić information content (AvgIpc) is 2.65. The third-order valence-corrected chi connectivity index (χ3v) is 3.78. The summed E-state index contributed by atoms with van der Waals surface area (Å²) >= 11 is 0. The SMILES string of the molecule is CC1CCC(CN2CCCCC2CN)O1. The highest BCUT2D eigenvalue weighted by Crippen LogP contribution is 2.23. The molecule has 2 rings (SSSR count). The molecule has 2 N–H and O–H groups in total. The van der Waals surface area contributed by atoms with Crippen LogP contribution < -0.4 is 5.73 Å². The van der Waals surface area contributed by atoms with E-state index in [1.54, 1.807) is 0 Å². The van der Waals surface area contributed by atoms with Gasteiger partial charge in [-0.15, -0.1) is 0 Å². The fourth-order valence-corrected chi connectivity index (χ4v) is 2.85. The summed E-state index contributed by atoms with van der Waals surface area (Å²) in [7, 11) is 0. The van der Waals surface area contributed by atoms with Gasteiger partial charge >= 0.3 is 0 Å². The number of ether oxygens (including phenoxy) is 1. The predicted octanol–water partition coefficient (Wildman–Crippen LogP) is 1.37. The quantitative estimate of drug-likeness (QED) is 0.768. The number of rotatable bonds is 3. The first-order valence-electron chi connectivity index (χ1n) is 6.39. The summed E-state index contributed by atoms with van der Waals surface area (Å²) in [5, 5.41) is 0. The summed E-state index contributed by atoms with van der Waals surface area (Å²) in [6, 6.07) is 0.609. The van der Waals surface area contributed by atoms with Gasteiger partial charge in [0.25, 0.3) is 0 Å². The van der Waals surface area contributed by atoms with Gasteiger partial charge in [-0.2, -0.15) is 0 Å². The van der Waals surface area contributed by atoms with Crippen molar-refractivity contribution in [3.05, 3.63) is 0 Å². The summed E-state index contributed by atoms with van der Waals surface area (Å²) in [6.45, 7) is 5.31. The van der Waals surface area contributed by atoms with Gasteiger partial charge in [-0.3, -0.25) is 4.90 Å². The van der Waals surface area contributed by atoms with Crippen molar-refractivity contribution in [1.29, 1.82) is 0 Å². The summed E-state index contributed by atoms with van der Waals surface area (Å²) in [5.41, 5.74) is 5.81. The molecule has 3 unspecified atom stereocenters. The van der Waals surface area contributed by atoms with Crippen molar-refractivity contribution in [2.24, 2.45) is 5.73 Å². The van der Waals surface area contributed by atoms with E-state index in [2.05, 4.69) is 11.8 Å². The Hall–Kier alpha value is -0.120. The lowest BCUT2D eigenvalue weighted by atomic mass is 10.0. The molecule has 2 aliphatic rings. The number of likely N-dealkylation sites (tertiary alicyclic amines) is 1. The fraction of sp³-hybridized carbons (Fsp3) is 1.00. The molecule has 0 aromatic heterocycles. The van der Waals surface area contributed by atoms with Crippen LogP contribution in [0.15, 0.2) is 0 Å². The van der Waals surface area contributed by atoms with E-state index in [1.807, 2.05) is 0 Å². The zero-order valence-electron chi connectivity index (χ0n) is 9.82. The van der Waals surface area contributed by atoms with Crippen LogP contribution in [0.25, 0.3) is 0 Å². The van der Waals surface area contributed by atoms with Gasteiger partial charge < -0.3 is 10.5 Å². The number of piperidine rings is 1. The molecule has 0 aromatic rings. The van der Waals surface area contributed by atoms with Crippen LogP contribution in [-0.4, -0.2) is 42.8 Å². The summed E-state index contributed by atoms with van der Waals surface area (Å²) in [4.78, 5) is 2.55. The lowest BCUT2D eigenvalue weighted by Crippen LogP contribution is -2.47. The van der Waals surface area contributed by atoms with E-state index in [0.717, 1.165) is 13.1 Å². The third kappa shape index (κ3) is 2.92. The minimum Gasteiger partial charge on any atom is -0.374 e. The largest absolute Gasteiger partial charge is 0.374 e. The molecule has 0 bridgehead atoms. The molecule has 3 atom stereocenters. The normalized spacial score (nSPS) is 38.4. The Bertz CT molecular complexity index is 198. The lowest BCUT2D eigenvalue weighted by molar-refractivity contribution is 0.0150. The molecule has 2 heterocycles. The van der Waals surface area contributed by atoms with Gasteiger partial charge in [0.1, 0.15) is 0 Å². The van der Waals surface area contributed by atoms with Crippen LogP contribution in [0.4, 0.5) is 0 Å². The van der Waals surface area contributed by atoms with E-state index in [0.29, 0.717) is 18.2 Å². The van der Waals surface area contributed by atoms with Crippen LogP contribution in [0, 0.1) is 0 Å². The molecule has 2 fully saturated rings. The Kier molecular flexibility index (Phi) is 4.00. The van der Waals surface area contributed by atoms with E-state index < -0.39 is 0 Å². The zero-order chi connectivity index (χ0) is 10.7. The number of nitrogens with two attached hydrogens (primary N) is 1. The number of hydrogen-bond acceptors (Lipinski definition) is 3. The van der Waals surface area contributed by atoms with Crippen LogP contribution in [-0.2, 0) is 4.74 Å². The molecule has 88 valence electrons. The van der Waals surface area contributed by atoms with Crippen molar-refractivity contribution in [1.82, 2.24) is 4.90 Å². The van der Waals surface area contributed by atoms with Gasteiger partial charge in [0, 0.05) is 19.1 Å². The van der Waals surface area contributed by atoms with Crippen LogP contribution >= 0.6 is 0 Å². The molecular formula is C12H24N2O. The Morgan fingerprint density at radius 2 is 2.13 bits per heavy atom. The van der Waals surface area contributed by atoms with Crippen molar-refractivity contribution in [3.8, 4) is 0 Å². The number of nitrogens with zero attached hydrogens (tertiary/aromatic N) is 1. The molecule has 2 aliphatic heterocycles. The molecule has 0 amide bonds. The first-order chi connectivity index (χ1) is 7.29. The van der Waals surface area contributed by atoms with Crippen LogP contribution in [0.5, 0.6) is 0 Å². The lowest BCUT2D eigenvalue weighted by Gasteiger charge is -2.36. The molecule has 0 spiro atoms. The maximum absolute atomic E-state index is 5.87. The van der Waals surface area contributed by atoms with Crippen molar-refractivity contribution in [3.63, 3.8) is 0 Å². The highest BCUT2D eigenvalue weighted by atomic mass is 16.5. The maximum atomic E-state index is 5.87. The second-order valence-electron chi connectivity index (χ2n) is 5.03. The van der Waals surface area contributed by atoms with Gasteiger partial charge in [0.15, 0.2) is 0 Å². The highest BCUT2D eigenvalue weighted by molar-refractivity contribution is 4.82. The number of hydrogen-bond donors (Lipinski definition) is 1. The van der Waals surface area contributed by atoms with Crippen molar-refractivity contribution in [2.45, 2.75) is 57.3 Å². The van der Waals surface area contributed by atoms with Gasteiger partial charge in [0.05, 0.1) is 12.2 Å². The smallest absolute Gasteiger partial charge is 0.0706 e. The summed E-state index contributed by atoms with van der Waals surface area (Å²) < 4.78 is 5.87. The molecule has 0 aliphatic carbocycles. The standard InChI is InChI=1S/C12H24N2O/c1-10-5-6-12(15-10)9-14-7-3-2-4-11(14)8-13/h10-12H,2-9,13H2,1H3. The Labute approximate surface area is 93.0 Å². The second-order valence-corrected chi connectivity index (χ2v) is 5.03. The molecule has 3 nitrogen and oxygen atoms in total. The Morgan fingerprint density at radius 3 is 2.80 bits per heavy atom. The van der Waals surface area contributed by atoms with E-state index >= 15 is 0 Å². The van der Waals surface area contributed by atoms with Gasteiger partial charge in [-0.05, 0) is 39.2 Å². The first kappa shape index (κ1) is 11.4. The second kappa shape index (κ2) is 5.28. The molecule has 3 heteroatoms. The van der Waals surface area contributed by atoms with Crippen LogP contribution in [0.1, 0.15) is 39.0 Å².